The summed E-state index contributed by atoms with van der Waals surface area (Å²) < 4.78 is 0. The van der Waals surface area contributed by atoms with Crippen molar-refractivity contribution in [3.05, 3.63) is 0 Å². The highest BCUT2D eigenvalue weighted by molar-refractivity contribution is 5.02. The molecule has 2 nitrogen and oxygen atoms in total. The Bertz CT molecular complexity index is 155. The molecular weight excluding hydrogens is 160 g/mol. The number of hydrogen-bond acceptors (Lipinski definition) is 2. The molecule has 2 aliphatic heterocycles. The van der Waals surface area contributed by atoms with Gasteiger partial charge in [-0.05, 0) is 45.2 Å². The van der Waals surface area contributed by atoms with Gasteiger partial charge in [-0.25, -0.2) is 0 Å². The maximum absolute atomic E-state index is 3.73. The summed E-state index contributed by atoms with van der Waals surface area (Å²) in [5.74, 6) is 0. The Balaban J connectivity index is 2.01. The first kappa shape index (κ1) is 9.47. The molecule has 2 fully saturated rings. The monoisotopic (exact) mass is 182 g/mol. The second kappa shape index (κ2) is 3.97. The summed E-state index contributed by atoms with van der Waals surface area (Å²) in [5, 5.41) is 7.42. The molecule has 2 N–H and O–H groups in total. The van der Waals surface area contributed by atoms with Gasteiger partial charge in [0.25, 0.3) is 0 Å². The van der Waals surface area contributed by atoms with Gasteiger partial charge in [-0.2, -0.15) is 0 Å². The summed E-state index contributed by atoms with van der Waals surface area (Å²) in [4.78, 5) is 0. The standard InChI is InChI=1S/C11H22N2/c1-2-11(7-5-9-13-11)10-6-3-4-8-12-10/h10,12-13H,2-9H2,1H3. The molecule has 2 unspecified atom stereocenters. The largest absolute Gasteiger partial charge is 0.312 e. The summed E-state index contributed by atoms with van der Waals surface area (Å²) in [6.07, 6.45) is 8.19. The highest BCUT2D eigenvalue weighted by Gasteiger charge is 2.39. The summed E-state index contributed by atoms with van der Waals surface area (Å²) in [6.45, 7) is 4.79. The van der Waals surface area contributed by atoms with E-state index in [1.54, 1.807) is 0 Å². The van der Waals surface area contributed by atoms with Crippen LogP contribution in [0.2, 0.25) is 0 Å². The van der Waals surface area contributed by atoms with Gasteiger partial charge in [0.2, 0.25) is 0 Å². The Morgan fingerprint density at radius 2 is 2.15 bits per heavy atom. The lowest BCUT2D eigenvalue weighted by molar-refractivity contribution is 0.217. The van der Waals surface area contributed by atoms with Gasteiger partial charge in [0.15, 0.2) is 0 Å². The Morgan fingerprint density at radius 3 is 2.69 bits per heavy atom. The van der Waals surface area contributed by atoms with Gasteiger partial charge >= 0.3 is 0 Å². The molecule has 0 aromatic rings. The quantitative estimate of drug-likeness (QED) is 0.678. The first-order chi connectivity index (χ1) is 6.37. The van der Waals surface area contributed by atoms with E-state index in [0.29, 0.717) is 5.54 Å². The summed E-state index contributed by atoms with van der Waals surface area (Å²) in [6, 6.07) is 0.744. The second-order valence-corrected chi connectivity index (χ2v) is 4.54. The molecule has 13 heavy (non-hydrogen) atoms. The van der Waals surface area contributed by atoms with Gasteiger partial charge < -0.3 is 10.6 Å². The van der Waals surface area contributed by atoms with E-state index in [0.717, 1.165) is 6.04 Å². The van der Waals surface area contributed by atoms with Gasteiger partial charge in [-0.15, -0.1) is 0 Å². The molecule has 2 rings (SSSR count). The third kappa shape index (κ3) is 1.75. The van der Waals surface area contributed by atoms with Gasteiger partial charge in [0.05, 0.1) is 0 Å². The highest BCUT2D eigenvalue weighted by atomic mass is 15.1. The molecule has 0 bridgehead atoms. The van der Waals surface area contributed by atoms with Crippen LogP contribution in [0.25, 0.3) is 0 Å². The average molecular weight is 182 g/mol. The van der Waals surface area contributed by atoms with E-state index in [1.165, 1.54) is 51.6 Å². The van der Waals surface area contributed by atoms with Crippen molar-refractivity contribution in [3.63, 3.8) is 0 Å². The molecule has 0 spiro atoms. The Labute approximate surface area is 81.5 Å². The van der Waals surface area contributed by atoms with Gasteiger partial charge in [-0.1, -0.05) is 13.3 Å². The van der Waals surface area contributed by atoms with E-state index in [9.17, 15) is 0 Å². The molecule has 0 aromatic carbocycles. The van der Waals surface area contributed by atoms with E-state index in [4.69, 9.17) is 0 Å². The Morgan fingerprint density at radius 1 is 1.23 bits per heavy atom. The summed E-state index contributed by atoms with van der Waals surface area (Å²) in [5.41, 5.74) is 0.445. The predicted octanol–water partition coefficient (Wildman–Crippen LogP) is 1.66. The molecule has 0 amide bonds. The van der Waals surface area contributed by atoms with Gasteiger partial charge in [0.1, 0.15) is 0 Å². The van der Waals surface area contributed by atoms with Crippen LogP contribution in [0, 0.1) is 0 Å². The number of rotatable bonds is 2. The summed E-state index contributed by atoms with van der Waals surface area (Å²) >= 11 is 0. The van der Waals surface area contributed by atoms with Gasteiger partial charge in [-0.3, -0.25) is 0 Å². The molecule has 2 saturated heterocycles. The van der Waals surface area contributed by atoms with Gasteiger partial charge in [0, 0.05) is 11.6 Å². The topological polar surface area (TPSA) is 24.1 Å². The highest BCUT2D eigenvalue weighted by Crippen LogP contribution is 2.30. The minimum atomic E-state index is 0.445. The van der Waals surface area contributed by atoms with Crippen molar-refractivity contribution in [2.45, 2.75) is 57.0 Å². The van der Waals surface area contributed by atoms with E-state index >= 15 is 0 Å². The number of hydrogen-bond donors (Lipinski definition) is 2. The third-order valence-corrected chi connectivity index (χ3v) is 3.88. The lowest BCUT2D eigenvalue weighted by atomic mass is 9.81. The molecule has 2 heterocycles. The minimum Gasteiger partial charge on any atom is -0.312 e. The Hall–Kier alpha value is -0.0800. The van der Waals surface area contributed by atoms with Crippen LogP contribution in [-0.4, -0.2) is 24.7 Å². The predicted molar refractivity (Wildman–Crippen MR) is 55.9 cm³/mol. The second-order valence-electron chi connectivity index (χ2n) is 4.54. The summed E-state index contributed by atoms with van der Waals surface area (Å²) in [7, 11) is 0. The minimum absolute atomic E-state index is 0.445. The maximum Gasteiger partial charge on any atom is 0.0332 e. The first-order valence-corrected chi connectivity index (χ1v) is 5.86. The van der Waals surface area contributed by atoms with Crippen molar-refractivity contribution in [2.24, 2.45) is 0 Å². The van der Waals surface area contributed by atoms with Crippen LogP contribution in [0.3, 0.4) is 0 Å². The zero-order valence-electron chi connectivity index (χ0n) is 8.73. The van der Waals surface area contributed by atoms with Crippen molar-refractivity contribution in [2.75, 3.05) is 13.1 Å². The fraction of sp³-hybridized carbons (Fsp3) is 1.00. The van der Waals surface area contributed by atoms with Crippen molar-refractivity contribution < 1.29 is 0 Å². The Kier molecular flexibility index (Phi) is 2.89. The van der Waals surface area contributed by atoms with Crippen LogP contribution in [0.5, 0.6) is 0 Å². The normalized spacial score (nSPS) is 40.8. The first-order valence-electron chi connectivity index (χ1n) is 5.86. The molecule has 0 radical (unpaired) electrons. The number of piperidine rings is 1. The molecule has 2 heteroatoms. The lowest BCUT2D eigenvalue weighted by Crippen LogP contribution is -2.57. The fourth-order valence-corrected chi connectivity index (χ4v) is 3.00. The van der Waals surface area contributed by atoms with Crippen LogP contribution in [0.4, 0.5) is 0 Å². The van der Waals surface area contributed by atoms with Crippen molar-refractivity contribution >= 4 is 0 Å². The van der Waals surface area contributed by atoms with E-state index in [2.05, 4.69) is 17.6 Å². The van der Waals surface area contributed by atoms with Crippen molar-refractivity contribution in [3.8, 4) is 0 Å². The number of nitrogens with one attached hydrogen (secondary N) is 2. The van der Waals surface area contributed by atoms with Crippen LogP contribution in [-0.2, 0) is 0 Å². The zero-order chi connectivity index (χ0) is 9.15. The smallest absolute Gasteiger partial charge is 0.0332 e. The maximum atomic E-state index is 3.73. The van der Waals surface area contributed by atoms with Crippen LogP contribution < -0.4 is 10.6 Å². The van der Waals surface area contributed by atoms with Crippen molar-refractivity contribution in [1.29, 1.82) is 0 Å². The average Bonchev–Trinajstić information content (AvgIpc) is 2.69. The van der Waals surface area contributed by atoms with Crippen LogP contribution in [0.1, 0.15) is 45.4 Å². The van der Waals surface area contributed by atoms with Crippen LogP contribution >= 0.6 is 0 Å². The molecule has 0 saturated carbocycles. The fourth-order valence-electron chi connectivity index (χ4n) is 3.00. The lowest BCUT2D eigenvalue weighted by Gasteiger charge is -2.40. The molecule has 76 valence electrons. The third-order valence-electron chi connectivity index (χ3n) is 3.88. The molecule has 0 aliphatic carbocycles. The van der Waals surface area contributed by atoms with E-state index in [-0.39, 0.29) is 0 Å². The van der Waals surface area contributed by atoms with Crippen LogP contribution in [0.15, 0.2) is 0 Å². The SMILES string of the molecule is CCC1(C2CCCCN2)CCCN1. The molecule has 2 atom stereocenters. The van der Waals surface area contributed by atoms with Crippen molar-refractivity contribution in [1.82, 2.24) is 10.6 Å². The molecule has 2 aliphatic rings. The van der Waals surface area contributed by atoms with E-state index < -0.39 is 0 Å². The molecule has 0 aromatic heterocycles. The molecular formula is C11H22N2. The zero-order valence-corrected chi connectivity index (χ0v) is 8.73. The van der Waals surface area contributed by atoms with E-state index in [1.807, 2.05) is 0 Å².